The number of esters is 4. The Balaban J connectivity index is 3.15. The maximum atomic E-state index is 11.4. The molecule has 0 unspecified atom stereocenters. The van der Waals surface area contributed by atoms with E-state index in [9.17, 15) is 19.2 Å². The van der Waals surface area contributed by atoms with E-state index in [1.807, 2.05) is 0 Å². The molecular weight excluding hydrogens is 312 g/mol. The maximum absolute atomic E-state index is 11.4. The van der Waals surface area contributed by atoms with Gasteiger partial charge in [0.25, 0.3) is 0 Å². The molecule has 1 heterocycles. The van der Waals surface area contributed by atoms with E-state index in [1.54, 1.807) is 6.92 Å². The summed E-state index contributed by atoms with van der Waals surface area (Å²) in [4.78, 5) is 45.1. The van der Waals surface area contributed by atoms with Gasteiger partial charge in [-0.2, -0.15) is 0 Å². The lowest BCUT2D eigenvalue weighted by atomic mass is 9.99. The van der Waals surface area contributed by atoms with E-state index in [-0.39, 0.29) is 0 Å². The fourth-order valence-electron chi connectivity index (χ4n) is 2.23. The summed E-state index contributed by atoms with van der Waals surface area (Å²) in [5.74, 6) is -2.69. The van der Waals surface area contributed by atoms with Gasteiger partial charge in [0, 0.05) is 27.7 Å². The first kappa shape index (κ1) is 18.9. The van der Waals surface area contributed by atoms with E-state index in [4.69, 9.17) is 23.7 Å². The summed E-state index contributed by atoms with van der Waals surface area (Å²) in [6.45, 7) is 6.16. The number of rotatable bonds is 4. The molecule has 23 heavy (non-hydrogen) atoms. The van der Waals surface area contributed by atoms with Gasteiger partial charge in [-0.3, -0.25) is 19.2 Å². The molecule has 0 spiro atoms. The summed E-state index contributed by atoms with van der Waals surface area (Å²) in [6, 6.07) is 0. The first-order chi connectivity index (χ1) is 10.6. The molecule has 0 aromatic rings. The molecule has 0 radical (unpaired) electrons. The Bertz CT molecular complexity index is 487. The van der Waals surface area contributed by atoms with Crippen LogP contribution in [0.4, 0.5) is 0 Å². The summed E-state index contributed by atoms with van der Waals surface area (Å²) in [7, 11) is 0. The number of carbonyl (C=O) groups excluding carboxylic acids is 4. The van der Waals surface area contributed by atoms with Crippen LogP contribution in [0.15, 0.2) is 0 Å². The second kappa shape index (κ2) is 7.91. The highest BCUT2D eigenvalue weighted by Crippen LogP contribution is 2.29. The Morgan fingerprint density at radius 2 is 1.04 bits per heavy atom. The van der Waals surface area contributed by atoms with Crippen LogP contribution in [0, 0.1) is 0 Å². The zero-order valence-corrected chi connectivity index (χ0v) is 13.6. The van der Waals surface area contributed by atoms with Gasteiger partial charge in [0.1, 0.15) is 0 Å². The standard InChI is InChI=1S/C14H20O9/c1-6-11(20-7(2)15)12(21-8(3)16)13(22-9(4)17)14(19-6)23-10(5)18/h6,11-14H,1-5H3/t6-,11+,12+,13+,14+/m1/s1. The first-order valence-electron chi connectivity index (χ1n) is 6.96. The Labute approximate surface area is 133 Å². The van der Waals surface area contributed by atoms with Gasteiger partial charge in [-0.25, -0.2) is 0 Å². The van der Waals surface area contributed by atoms with E-state index in [0.29, 0.717) is 0 Å². The average molecular weight is 332 g/mol. The molecule has 0 bridgehead atoms. The van der Waals surface area contributed by atoms with Gasteiger partial charge in [-0.15, -0.1) is 0 Å². The first-order valence-corrected chi connectivity index (χ1v) is 6.96. The SMILES string of the molecule is CC(=O)O[C@@H]1O[C@H](C)[C@H](OC(C)=O)[C@H](OC(C)=O)[C@@H]1OC(C)=O. The maximum Gasteiger partial charge on any atom is 0.305 e. The number of carbonyl (C=O) groups is 4. The zero-order chi connectivity index (χ0) is 17.7. The lowest BCUT2D eigenvalue weighted by molar-refractivity contribution is -0.292. The van der Waals surface area contributed by atoms with Crippen LogP contribution in [0.2, 0.25) is 0 Å². The summed E-state index contributed by atoms with van der Waals surface area (Å²) in [5, 5.41) is 0. The molecule has 1 aliphatic heterocycles. The highest BCUT2D eigenvalue weighted by atomic mass is 16.7. The molecule has 9 heteroatoms. The van der Waals surface area contributed by atoms with Crippen molar-refractivity contribution in [3.05, 3.63) is 0 Å². The molecule has 1 saturated heterocycles. The van der Waals surface area contributed by atoms with Crippen molar-refractivity contribution >= 4 is 23.9 Å². The number of hydrogen-bond acceptors (Lipinski definition) is 9. The van der Waals surface area contributed by atoms with Crippen molar-refractivity contribution in [2.45, 2.75) is 65.3 Å². The molecule has 9 nitrogen and oxygen atoms in total. The van der Waals surface area contributed by atoms with Gasteiger partial charge < -0.3 is 23.7 Å². The van der Waals surface area contributed by atoms with Crippen molar-refractivity contribution in [3.8, 4) is 0 Å². The molecule has 1 fully saturated rings. The topological polar surface area (TPSA) is 114 Å². The molecule has 0 saturated carbocycles. The van der Waals surface area contributed by atoms with Crippen LogP contribution in [-0.4, -0.2) is 54.6 Å². The Morgan fingerprint density at radius 3 is 1.48 bits per heavy atom. The molecule has 0 aromatic heterocycles. The lowest BCUT2D eigenvalue weighted by Crippen LogP contribution is -2.61. The third-order valence-corrected chi connectivity index (χ3v) is 2.92. The summed E-state index contributed by atoms with van der Waals surface area (Å²) in [5.41, 5.74) is 0. The van der Waals surface area contributed by atoms with Crippen molar-refractivity contribution in [2.75, 3.05) is 0 Å². The van der Waals surface area contributed by atoms with Crippen LogP contribution in [0.25, 0.3) is 0 Å². The van der Waals surface area contributed by atoms with Crippen molar-refractivity contribution in [3.63, 3.8) is 0 Å². The van der Waals surface area contributed by atoms with E-state index < -0.39 is 54.6 Å². The second-order valence-electron chi connectivity index (χ2n) is 5.04. The predicted molar refractivity (Wildman–Crippen MR) is 72.8 cm³/mol. The van der Waals surface area contributed by atoms with Gasteiger partial charge in [0.15, 0.2) is 12.2 Å². The number of hydrogen-bond donors (Lipinski definition) is 0. The Morgan fingerprint density at radius 1 is 0.652 bits per heavy atom. The van der Waals surface area contributed by atoms with Gasteiger partial charge in [0.2, 0.25) is 12.4 Å². The molecule has 1 rings (SSSR count). The van der Waals surface area contributed by atoms with E-state index in [2.05, 4.69) is 0 Å². The van der Waals surface area contributed by atoms with Crippen LogP contribution < -0.4 is 0 Å². The van der Waals surface area contributed by atoms with E-state index >= 15 is 0 Å². The van der Waals surface area contributed by atoms with Gasteiger partial charge in [-0.1, -0.05) is 0 Å². The largest absolute Gasteiger partial charge is 0.456 e. The fourth-order valence-corrected chi connectivity index (χ4v) is 2.23. The second-order valence-corrected chi connectivity index (χ2v) is 5.04. The zero-order valence-electron chi connectivity index (χ0n) is 13.6. The fraction of sp³-hybridized carbons (Fsp3) is 0.714. The summed E-state index contributed by atoms with van der Waals surface area (Å²) < 4.78 is 25.7. The normalized spacial score (nSPS) is 30.0. The van der Waals surface area contributed by atoms with Crippen LogP contribution >= 0.6 is 0 Å². The monoisotopic (exact) mass is 332 g/mol. The highest BCUT2D eigenvalue weighted by molar-refractivity contribution is 5.69. The summed E-state index contributed by atoms with van der Waals surface area (Å²) in [6.07, 6.45) is -5.51. The van der Waals surface area contributed by atoms with Crippen molar-refractivity contribution in [1.82, 2.24) is 0 Å². The van der Waals surface area contributed by atoms with E-state index in [1.165, 1.54) is 6.92 Å². The quantitative estimate of drug-likeness (QED) is 0.521. The minimum absolute atomic E-state index is 0.630. The smallest absolute Gasteiger partial charge is 0.305 e. The Hall–Kier alpha value is -2.16. The minimum atomic E-state index is -1.29. The summed E-state index contributed by atoms with van der Waals surface area (Å²) >= 11 is 0. The molecule has 0 aliphatic carbocycles. The van der Waals surface area contributed by atoms with Crippen molar-refractivity contribution in [2.24, 2.45) is 0 Å². The van der Waals surface area contributed by atoms with Crippen molar-refractivity contribution < 1.29 is 42.9 Å². The van der Waals surface area contributed by atoms with Gasteiger partial charge >= 0.3 is 23.9 Å². The van der Waals surface area contributed by atoms with Crippen LogP contribution in [0.1, 0.15) is 34.6 Å². The van der Waals surface area contributed by atoms with Gasteiger partial charge in [-0.05, 0) is 6.92 Å². The third-order valence-electron chi connectivity index (χ3n) is 2.92. The van der Waals surface area contributed by atoms with Crippen LogP contribution in [-0.2, 0) is 42.9 Å². The predicted octanol–water partition coefficient (Wildman–Crippen LogP) is 0.0894. The van der Waals surface area contributed by atoms with Crippen LogP contribution in [0.5, 0.6) is 0 Å². The van der Waals surface area contributed by atoms with E-state index in [0.717, 1.165) is 20.8 Å². The highest BCUT2D eigenvalue weighted by Gasteiger charge is 2.51. The molecule has 0 amide bonds. The van der Waals surface area contributed by atoms with Crippen LogP contribution in [0.3, 0.4) is 0 Å². The molecular formula is C14H20O9. The lowest BCUT2D eigenvalue weighted by Gasteiger charge is -2.42. The molecule has 5 atom stereocenters. The average Bonchev–Trinajstić information content (AvgIpc) is 2.36. The molecule has 1 aliphatic rings. The number of ether oxygens (including phenoxy) is 5. The molecule has 0 aromatic carbocycles. The molecule has 0 N–H and O–H groups in total. The third kappa shape index (κ3) is 5.51. The van der Waals surface area contributed by atoms with Gasteiger partial charge in [0.05, 0.1) is 6.10 Å². The minimum Gasteiger partial charge on any atom is -0.456 e. The Kier molecular flexibility index (Phi) is 6.49. The molecule has 130 valence electrons. The van der Waals surface area contributed by atoms with Crippen molar-refractivity contribution in [1.29, 1.82) is 0 Å².